The van der Waals surface area contributed by atoms with Crippen LogP contribution in [0.15, 0.2) is 89.2 Å². The minimum Gasteiger partial charge on any atom is -0.359 e. The third-order valence-corrected chi connectivity index (χ3v) is 4.45. The summed E-state index contributed by atoms with van der Waals surface area (Å²) in [7, 11) is 0. The second kappa shape index (κ2) is 9.08. The van der Waals surface area contributed by atoms with Crippen LogP contribution in [-0.2, 0) is 0 Å². The number of hydrogen-bond donors (Lipinski definition) is 1. The van der Waals surface area contributed by atoms with Crippen molar-refractivity contribution >= 4 is 11.3 Å². The molecule has 0 spiro atoms. The number of nitrogens with one attached hydrogen (secondary N) is 1. The summed E-state index contributed by atoms with van der Waals surface area (Å²) in [6, 6.07) is 21.0. The zero-order valence-corrected chi connectivity index (χ0v) is 16.1. The van der Waals surface area contributed by atoms with Gasteiger partial charge >= 0.3 is 0 Å². The van der Waals surface area contributed by atoms with Gasteiger partial charge in [0.15, 0.2) is 0 Å². The Hall–Kier alpha value is -2.54. The van der Waals surface area contributed by atoms with Gasteiger partial charge in [0.25, 0.3) is 0 Å². The monoisotopic (exact) mass is 331 g/mol. The minimum atomic E-state index is 1.01. The van der Waals surface area contributed by atoms with Gasteiger partial charge in [-0.1, -0.05) is 67.1 Å². The van der Waals surface area contributed by atoms with E-state index in [2.05, 4.69) is 101 Å². The van der Waals surface area contributed by atoms with Gasteiger partial charge < -0.3 is 5.32 Å². The number of anilines is 1. The van der Waals surface area contributed by atoms with Crippen LogP contribution in [0.25, 0.3) is 5.57 Å². The lowest BCUT2D eigenvalue weighted by molar-refractivity contribution is 1.19. The summed E-state index contributed by atoms with van der Waals surface area (Å²) in [6.45, 7) is 10.9. The van der Waals surface area contributed by atoms with Crippen LogP contribution in [0.3, 0.4) is 0 Å². The molecule has 0 aliphatic carbocycles. The van der Waals surface area contributed by atoms with Crippen LogP contribution in [0.5, 0.6) is 0 Å². The van der Waals surface area contributed by atoms with Crippen molar-refractivity contribution in [3.63, 3.8) is 0 Å². The fourth-order valence-corrected chi connectivity index (χ4v) is 2.88. The molecule has 2 aromatic rings. The fraction of sp³-hybridized carbons (Fsp3) is 0.250. The number of allylic oxidation sites excluding steroid dienone is 6. The average Bonchev–Trinajstić information content (AvgIpc) is 2.63. The molecule has 1 N–H and O–H groups in total. The molecule has 2 rings (SSSR count). The predicted molar refractivity (Wildman–Crippen MR) is 112 cm³/mol. The van der Waals surface area contributed by atoms with Crippen molar-refractivity contribution in [3.8, 4) is 0 Å². The maximum atomic E-state index is 3.52. The molecule has 0 heterocycles. The molecule has 2 aromatic carbocycles. The fourth-order valence-electron chi connectivity index (χ4n) is 2.88. The molecule has 0 atom stereocenters. The molecule has 130 valence electrons. The molecule has 0 amide bonds. The van der Waals surface area contributed by atoms with Gasteiger partial charge in [-0.15, -0.1) is 0 Å². The molecular weight excluding hydrogens is 302 g/mol. The van der Waals surface area contributed by atoms with Crippen molar-refractivity contribution in [2.75, 3.05) is 5.32 Å². The molecule has 0 unspecified atom stereocenters. The van der Waals surface area contributed by atoms with E-state index < -0.39 is 0 Å². The Morgan fingerprint density at radius 3 is 1.92 bits per heavy atom. The zero-order valence-electron chi connectivity index (χ0n) is 16.1. The highest BCUT2D eigenvalue weighted by atomic mass is 14.9. The van der Waals surface area contributed by atoms with Crippen molar-refractivity contribution in [2.24, 2.45) is 0 Å². The molecule has 0 aliphatic heterocycles. The Labute approximate surface area is 152 Å². The molecule has 25 heavy (non-hydrogen) atoms. The van der Waals surface area contributed by atoms with Crippen LogP contribution in [0.2, 0.25) is 0 Å². The summed E-state index contributed by atoms with van der Waals surface area (Å²) in [4.78, 5) is 0. The highest BCUT2D eigenvalue weighted by Crippen LogP contribution is 2.27. The number of benzene rings is 2. The van der Waals surface area contributed by atoms with Crippen molar-refractivity contribution in [1.29, 1.82) is 0 Å². The third kappa shape index (κ3) is 5.22. The molecule has 1 nitrogen and oxygen atoms in total. The van der Waals surface area contributed by atoms with Crippen molar-refractivity contribution in [3.05, 3.63) is 94.7 Å². The second-order valence-electron chi connectivity index (χ2n) is 6.54. The molecule has 0 bridgehead atoms. The smallest absolute Gasteiger partial charge is 0.0381 e. The molecule has 0 radical (unpaired) electrons. The molecule has 1 heteroatoms. The van der Waals surface area contributed by atoms with E-state index >= 15 is 0 Å². The molecule has 0 saturated carbocycles. The molecule has 0 aliphatic rings. The van der Waals surface area contributed by atoms with Crippen molar-refractivity contribution < 1.29 is 0 Å². The van der Waals surface area contributed by atoms with Crippen LogP contribution in [-0.4, -0.2) is 0 Å². The first-order valence-corrected chi connectivity index (χ1v) is 8.96. The Morgan fingerprint density at radius 1 is 0.840 bits per heavy atom. The number of hydrogen-bond acceptors (Lipinski definition) is 1. The lowest BCUT2D eigenvalue weighted by Gasteiger charge is -2.15. The largest absolute Gasteiger partial charge is 0.359 e. The number of para-hydroxylation sites is 1. The summed E-state index contributed by atoms with van der Waals surface area (Å²) in [5.74, 6) is 0. The standard InChI is InChI=1S/C24H29N/c1-6-21(22-13-9-7-10-14-22)17-24(18(2)3)19(4)20(5)25-23-15-11-8-12-16-23/h7-17,25H,6H2,1-5H3/b20-19+,21-17+. The van der Waals surface area contributed by atoms with E-state index in [1.54, 1.807) is 0 Å². The lowest BCUT2D eigenvalue weighted by Crippen LogP contribution is -2.01. The topological polar surface area (TPSA) is 12.0 Å². The third-order valence-electron chi connectivity index (χ3n) is 4.45. The maximum Gasteiger partial charge on any atom is 0.0381 e. The Kier molecular flexibility index (Phi) is 6.82. The Morgan fingerprint density at radius 2 is 1.40 bits per heavy atom. The molecular formula is C24H29N. The SMILES string of the molecule is CC/C(=C\C(=C(C)C)/C(C)=C(\C)Nc1ccccc1)c1ccccc1. The summed E-state index contributed by atoms with van der Waals surface area (Å²) in [6.07, 6.45) is 3.36. The molecule has 0 fully saturated rings. The zero-order chi connectivity index (χ0) is 18.2. The quantitative estimate of drug-likeness (QED) is 0.551. The lowest BCUT2D eigenvalue weighted by atomic mass is 9.94. The van der Waals surface area contributed by atoms with Gasteiger partial charge in [-0.25, -0.2) is 0 Å². The second-order valence-corrected chi connectivity index (χ2v) is 6.54. The van der Waals surface area contributed by atoms with Crippen LogP contribution >= 0.6 is 0 Å². The van der Waals surface area contributed by atoms with Crippen LogP contribution in [0, 0.1) is 0 Å². The van der Waals surface area contributed by atoms with E-state index in [-0.39, 0.29) is 0 Å². The van der Waals surface area contributed by atoms with E-state index in [1.165, 1.54) is 33.6 Å². The van der Waals surface area contributed by atoms with Gasteiger partial charge in [0.1, 0.15) is 0 Å². The van der Waals surface area contributed by atoms with Crippen LogP contribution in [0.1, 0.15) is 46.6 Å². The Bertz CT molecular complexity index is 773. The first-order chi connectivity index (χ1) is 12.0. The van der Waals surface area contributed by atoms with Crippen molar-refractivity contribution in [1.82, 2.24) is 0 Å². The minimum absolute atomic E-state index is 1.01. The van der Waals surface area contributed by atoms with Gasteiger partial charge in [0.2, 0.25) is 0 Å². The van der Waals surface area contributed by atoms with Gasteiger partial charge in [-0.2, -0.15) is 0 Å². The van der Waals surface area contributed by atoms with E-state index in [9.17, 15) is 0 Å². The van der Waals surface area contributed by atoms with Gasteiger partial charge in [0.05, 0.1) is 0 Å². The highest BCUT2D eigenvalue weighted by molar-refractivity contribution is 5.70. The van der Waals surface area contributed by atoms with E-state index in [0.29, 0.717) is 0 Å². The highest BCUT2D eigenvalue weighted by Gasteiger charge is 2.07. The summed E-state index contributed by atoms with van der Waals surface area (Å²) >= 11 is 0. The Balaban J connectivity index is 2.39. The first kappa shape index (κ1) is 18.8. The summed E-state index contributed by atoms with van der Waals surface area (Å²) in [5.41, 5.74) is 8.88. The van der Waals surface area contributed by atoms with Gasteiger partial charge in [0, 0.05) is 11.4 Å². The van der Waals surface area contributed by atoms with Crippen LogP contribution in [0.4, 0.5) is 5.69 Å². The summed E-state index contributed by atoms with van der Waals surface area (Å²) < 4.78 is 0. The normalized spacial score (nSPS) is 12.4. The number of rotatable bonds is 6. The molecule has 0 aromatic heterocycles. The van der Waals surface area contributed by atoms with Gasteiger partial charge in [-0.3, -0.25) is 0 Å². The van der Waals surface area contributed by atoms with Gasteiger partial charge in [-0.05, 0) is 68.5 Å². The van der Waals surface area contributed by atoms with E-state index in [0.717, 1.165) is 12.1 Å². The van der Waals surface area contributed by atoms with E-state index in [1.807, 2.05) is 6.07 Å². The predicted octanol–water partition coefficient (Wildman–Crippen LogP) is 7.22. The van der Waals surface area contributed by atoms with Crippen molar-refractivity contribution in [2.45, 2.75) is 41.0 Å². The van der Waals surface area contributed by atoms with Crippen LogP contribution < -0.4 is 5.32 Å². The first-order valence-electron chi connectivity index (χ1n) is 8.96. The summed E-state index contributed by atoms with van der Waals surface area (Å²) in [5, 5.41) is 3.52. The maximum absolute atomic E-state index is 3.52. The average molecular weight is 332 g/mol. The molecule has 0 saturated heterocycles. The van der Waals surface area contributed by atoms with E-state index in [4.69, 9.17) is 0 Å².